The minimum Gasteiger partial charge on any atom is -0.459 e. The lowest BCUT2D eigenvalue weighted by atomic mass is 10.0. The molecule has 0 bridgehead atoms. The molecule has 0 spiro atoms. The van der Waals surface area contributed by atoms with Gasteiger partial charge in [-0.3, -0.25) is 0 Å². The molecule has 0 aliphatic carbocycles. The van der Waals surface area contributed by atoms with E-state index >= 15 is 0 Å². The molecule has 108 valence electrons. The van der Waals surface area contributed by atoms with Gasteiger partial charge in [0.25, 0.3) is 0 Å². The lowest BCUT2D eigenvalue weighted by molar-refractivity contribution is 0.476. The Bertz CT molecular complexity index is 763. The second-order valence-corrected chi connectivity index (χ2v) is 6.36. The van der Waals surface area contributed by atoms with Gasteiger partial charge in [-0.1, -0.05) is 36.8 Å². The number of nitrogens with one attached hydrogen (secondary N) is 1. The maximum atomic E-state index is 6.08. The molecular formula is C18H18INO. The number of hydrogen-bond acceptors (Lipinski definition) is 2. The van der Waals surface area contributed by atoms with Crippen molar-refractivity contribution in [3.63, 3.8) is 0 Å². The van der Waals surface area contributed by atoms with Crippen LogP contribution in [0.5, 0.6) is 0 Å². The van der Waals surface area contributed by atoms with Gasteiger partial charge in [0.2, 0.25) is 0 Å². The van der Waals surface area contributed by atoms with E-state index in [1.807, 2.05) is 6.07 Å². The Hall–Kier alpha value is -1.33. The van der Waals surface area contributed by atoms with Crippen molar-refractivity contribution in [2.75, 3.05) is 6.54 Å². The summed E-state index contributed by atoms with van der Waals surface area (Å²) in [6.45, 7) is 5.12. The topological polar surface area (TPSA) is 25.2 Å². The van der Waals surface area contributed by atoms with Crippen molar-refractivity contribution in [3.8, 4) is 0 Å². The third-order valence-corrected chi connectivity index (χ3v) is 4.58. The third-order valence-electron chi connectivity index (χ3n) is 3.60. The van der Waals surface area contributed by atoms with Crippen LogP contribution >= 0.6 is 22.6 Å². The molecule has 1 aromatic heterocycles. The first-order valence-electron chi connectivity index (χ1n) is 7.17. The summed E-state index contributed by atoms with van der Waals surface area (Å²) in [5, 5.41) is 4.70. The van der Waals surface area contributed by atoms with Crippen LogP contribution in [0.25, 0.3) is 11.0 Å². The summed E-state index contributed by atoms with van der Waals surface area (Å²) < 4.78 is 7.33. The fourth-order valence-electron chi connectivity index (χ4n) is 2.60. The third kappa shape index (κ3) is 2.99. The van der Waals surface area contributed by atoms with E-state index in [4.69, 9.17) is 4.42 Å². The summed E-state index contributed by atoms with van der Waals surface area (Å²) in [4.78, 5) is 0. The van der Waals surface area contributed by atoms with Gasteiger partial charge in [-0.2, -0.15) is 0 Å². The molecule has 1 heterocycles. The summed E-state index contributed by atoms with van der Waals surface area (Å²) in [5.41, 5.74) is 3.46. The maximum Gasteiger partial charge on any atom is 0.134 e. The van der Waals surface area contributed by atoms with Gasteiger partial charge in [-0.05, 0) is 65.9 Å². The molecule has 0 saturated carbocycles. The summed E-state index contributed by atoms with van der Waals surface area (Å²) in [5.74, 6) is 0.974. The Morgan fingerprint density at radius 1 is 1.14 bits per heavy atom. The van der Waals surface area contributed by atoms with E-state index in [1.54, 1.807) is 0 Å². The zero-order valence-corrected chi connectivity index (χ0v) is 14.3. The second kappa shape index (κ2) is 6.20. The van der Waals surface area contributed by atoms with Crippen LogP contribution in [-0.2, 0) is 0 Å². The fourth-order valence-corrected chi connectivity index (χ4v) is 3.30. The van der Waals surface area contributed by atoms with E-state index in [0.29, 0.717) is 0 Å². The van der Waals surface area contributed by atoms with E-state index < -0.39 is 0 Å². The molecule has 0 amide bonds. The standard InChI is InChI=1S/C18H18INO/c1-3-20-18(14-6-4-5-7-15(14)19)17-11-13-10-12(2)8-9-16(13)21-17/h4-11,18,20H,3H2,1-2H3. The van der Waals surface area contributed by atoms with Crippen molar-refractivity contribution in [1.82, 2.24) is 5.32 Å². The largest absolute Gasteiger partial charge is 0.459 e. The van der Waals surface area contributed by atoms with E-state index in [1.165, 1.54) is 20.1 Å². The van der Waals surface area contributed by atoms with Crippen molar-refractivity contribution in [1.29, 1.82) is 0 Å². The van der Waals surface area contributed by atoms with Gasteiger partial charge in [-0.25, -0.2) is 0 Å². The van der Waals surface area contributed by atoms with Gasteiger partial charge < -0.3 is 9.73 Å². The average Bonchev–Trinajstić information content (AvgIpc) is 2.88. The van der Waals surface area contributed by atoms with Crippen LogP contribution in [0.1, 0.15) is 29.9 Å². The molecule has 0 fully saturated rings. The summed E-state index contributed by atoms with van der Waals surface area (Å²) in [6, 6.07) is 17.0. The number of furan rings is 1. The number of fused-ring (bicyclic) bond motifs is 1. The highest BCUT2D eigenvalue weighted by molar-refractivity contribution is 14.1. The van der Waals surface area contributed by atoms with Crippen LogP contribution in [0.3, 0.4) is 0 Å². The Morgan fingerprint density at radius 3 is 2.71 bits per heavy atom. The quantitative estimate of drug-likeness (QED) is 0.630. The highest BCUT2D eigenvalue weighted by Crippen LogP contribution is 2.31. The molecule has 1 unspecified atom stereocenters. The summed E-state index contributed by atoms with van der Waals surface area (Å²) in [7, 11) is 0. The first-order valence-corrected chi connectivity index (χ1v) is 8.25. The van der Waals surface area contributed by atoms with Crippen molar-refractivity contribution in [2.24, 2.45) is 0 Å². The molecule has 0 aliphatic rings. The van der Waals surface area contributed by atoms with Crippen LogP contribution in [0.15, 0.2) is 52.9 Å². The van der Waals surface area contributed by atoms with Gasteiger partial charge in [0.15, 0.2) is 0 Å². The van der Waals surface area contributed by atoms with Crippen LogP contribution in [-0.4, -0.2) is 6.54 Å². The highest BCUT2D eigenvalue weighted by atomic mass is 127. The number of benzene rings is 2. The van der Waals surface area contributed by atoms with E-state index in [0.717, 1.165) is 17.9 Å². The van der Waals surface area contributed by atoms with Crippen LogP contribution < -0.4 is 5.32 Å². The minimum absolute atomic E-state index is 0.0933. The number of rotatable bonds is 4. The number of aryl methyl sites for hydroxylation is 1. The highest BCUT2D eigenvalue weighted by Gasteiger charge is 2.19. The molecule has 3 heteroatoms. The molecule has 2 nitrogen and oxygen atoms in total. The van der Waals surface area contributed by atoms with E-state index in [9.17, 15) is 0 Å². The minimum atomic E-state index is 0.0933. The number of hydrogen-bond donors (Lipinski definition) is 1. The van der Waals surface area contributed by atoms with Crippen molar-refractivity contribution in [3.05, 3.63) is 69.0 Å². The van der Waals surface area contributed by atoms with Crippen molar-refractivity contribution >= 4 is 33.6 Å². The molecule has 21 heavy (non-hydrogen) atoms. The molecule has 0 saturated heterocycles. The Morgan fingerprint density at radius 2 is 1.95 bits per heavy atom. The van der Waals surface area contributed by atoms with Crippen molar-refractivity contribution < 1.29 is 4.42 Å². The lowest BCUT2D eigenvalue weighted by Crippen LogP contribution is -2.22. The van der Waals surface area contributed by atoms with Crippen LogP contribution in [0.4, 0.5) is 0 Å². The summed E-state index contributed by atoms with van der Waals surface area (Å²) in [6.07, 6.45) is 0. The molecule has 0 radical (unpaired) electrons. The lowest BCUT2D eigenvalue weighted by Gasteiger charge is -2.17. The van der Waals surface area contributed by atoms with E-state index in [2.05, 4.69) is 84.2 Å². The van der Waals surface area contributed by atoms with Crippen LogP contribution in [0.2, 0.25) is 0 Å². The first-order chi connectivity index (χ1) is 10.2. The van der Waals surface area contributed by atoms with Gasteiger partial charge in [0.05, 0.1) is 6.04 Å². The van der Waals surface area contributed by atoms with E-state index in [-0.39, 0.29) is 6.04 Å². The van der Waals surface area contributed by atoms with Gasteiger partial charge in [-0.15, -0.1) is 0 Å². The SMILES string of the molecule is CCNC(c1cc2cc(C)ccc2o1)c1ccccc1I. The predicted octanol–water partition coefficient (Wildman–Crippen LogP) is 5.04. The normalized spacial score (nSPS) is 12.7. The molecule has 1 atom stereocenters. The van der Waals surface area contributed by atoms with Gasteiger partial charge in [0.1, 0.15) is 11.3 Å². The Labute approximate surface area is 138 Å². The zero-order valence-electron chi connectivity index (χ0n) is 12.2. The van der Waals surface area contributed by atoms with Crippen LogP contribution in [0, 0.1) is 10.5 Å². The fraction of sp³-hybridized carbons (Fsp3) is 0.222. The summed E-state index contributed by atoms with van der Waals surface area (Å²) >= 11 is 2.38. The molecular weight excluding hydrogens is 373 g/mol. The van der Waals surface area contributed by atoms with Gasteiger partial charge in [0, 0.05) is 8.96 Å². The molecule has 3 aromatic rings. The Balaban J connectivity index is 2.09. The molecule has 0 aliphatic heterocycles. The smallest absolute Gasteiger partial charge is 0.134 e. The molecule has 3 rings (SSSR count). The first kappa shape index (κ1) is 14.6. The molecule has 1 N–H and O–H groups in total. The number of halogens is 1. The second-order valence-electron chi connectivity index (χ2n) is 5.20. The monoisotopic (exact) mass is 391 g/mol. The predicted molar refractivity (Wildman–Crippen MR) is 95.6 cm³/mol. The average molecular weight is 391 g/mol. The maximum absolute atomic E-state index is 6.08. The Kier molecular flexibility index (Phi) is 4.31. The van der Waals surface area contributed by atoms with Crippen molar-refractivity contribution in [2.45, 2.75) is 19.9 Å². The molecule has 2 aromatic carbocycles. The zero-order chi connectivity index (χ0) is 14.8. The van der Waals surface area contributed by atoms with Gasteiger partial charge >= 0.3 is 0 Å².